The molecule has 0 bridgehead atoms. The molecule has 0 radical (unpaired) electrons. The summed E-state index contributed by atoms with van der Waals surface area (Å²) < 4.78 is 6.68. The smallest absolute Gasteiger partial charge is 0.164 e. The Kier molecular flexibility index (Phi) is 6.78. The summed E-state index contributed by atoms with van der Waals surface area (Å²) in [5.41, 5.74) is 8.70. The molecule has 51 heavy (non-hydrogen) atoms. The zero-order valence-electron chi connectivity index (χ0n) is 27.5. The molecular formula is C47H29N3O. The van der Waals surface area contributed by atoms with Crippen molar-refractivity contribution in [2.75, 3.05) is 0 Å². The number of rotatable bonds is 5. The third-order valence-electron chi connectivity index (χ3n) is 9.74. The molecule has 2 aromatic heterocycles. The molecule has 0 saturated heterocycles. The number of hydrogen-bond acceptors (Lipinski definition) is 4. The molecular weight excluding hydrogens is 623 g/mol. The highest BCUT2D eigenvalue weighted by Gasteiger charge is 2.21. The van der Waals surface area contributed by atoms with Crippen LogP contribution in [0.15, 0.2) is 180 Å². The van der Waals surface area contributed by atoms with E-state index in [1.807, 2.05) is 72.8 Å². The van der Waals surface area contributed by atoms with Crippen molar-refractivity contribution >= 4 is 43.5 Å². The Bertz CT molecular complexity index is 2840. The van der Waals surface area contributed by atoms with Crippen LogP contribution in [0.4, 0.5) is 0 Å². The van der Waals surface area contributed by atoms with Gasteiger partial charge >= 0.3 is 0 Å². The van der Waals surface area contributed by atoms with E-state index in [0.717, 1.165) is 55.3 Å². The summed E-state index contributed by atoms with van der Waals surface area (Å²) >= 11 is 0. The number of nitrogens with zero attached hydrogens (tertiary/aromatic N) is 3. The maximum absolute atomic E-state index is 6.68. The van der Waals surface area contributed by atoms with E-state index in [1.54, 1.807) is 0 Å². The molecule has 0 aliphatic rings. The molecule has 10 rings (SSSR count). The zero-order valence-corrected chi connectivity index (χ0v) is 27.5. The van der Waals surface area contributed by atoms with E-state index >= 15 is 0 Å². The highest BCUT2D eigenvalue weighted by atomic mass is 16.3. The summed E-state index contributed by atoms with van der Waals surface area (Å²) in [5, 5.41) is 7.10. The predicted octanol–water partition coefficient (Wildman–Crippen LogP) is 12.4. The van der Waals surface area contributed by atoms with Crippen molar-refractivity contribution in [3.63, 3.8) is 0 Å². The lowest BCUT2D eigenvalue weighted by Crippen LogP contribution is -2.01. The predicted molar refractivity (Wildman–Crippen MR) is 209 cm³/mol. The van der Waals surface area contributed by atoms with Crippen molar-refractivity contribution in [2.24, 2.45) is 0 Å². The quantitative estimate of drug-likeness (QED) is 0.174. The normalized spacial score (nSPS) is 11.5. The number of benzene rings is 8. The van der Waals surface area contributed by atoms with E-state index in [1.165, 1.54) is 27.1 Å². The van der Waals surface area contributed by atoms with Crippen molar-refractivity contribution in [1.82, 2.24) is 15.0 Å². The molecule has 2 heterocycles. The maximum atomic E-state index is 6.68. The average molecular weight is 652 g/mol. The summed E-state index contributed by atoms with van der Waals surface area (Å²) in [7, 11) is 0. The molecule has 0 aliphatic heterocycles. The van der Waals surface area contributed by atoms with E-state index < -0.39 is 0 Å². The van der Waals surface area contributed by atoms with Gasteiger partial charge in [-0.15, -0.1) is 0 Å². The topological polar surface area (TPSA) is 51.8 Å². The van der Waals surface area contributed by atoms with Crippen molar-refractivity contribution in [2.45, 2.75) is 0 Å². The Morgan fingerprint density at radius 1 is 0.333 bits per heavy atom. The van der Waals surface area contributed by atoms with Gasteiger partial charge in [0.05, 0.1) is 0 Å². The number of para-hydroxylation sites is 1. The molecule has 4 nitrogen and oxygen atoms in total. The molecule has 4 heteroatoms. The Balaban J connectivity index is 1.20. The lowest BCUT2D eigenvalue weighted by Gasteiger charge is -2.14. The Labute approximate surface area is 294 Å². The van der Waals surface area contributed by atoms with Crippen LogP contribution >= 0.6 is 0 Å². The van der Waals surface area contributed by atoms with E-state index in [4.69, 9.17) is 19.4 Å². The summed E-state index contributed by atoms with van der Waals surface area (Å²) in [4.78, 5) is 15.2. The highest BCUT2D eigenvalue weighted by molar-refractivity contribution is 6.15. The minimum Gasteiger partial charge on any atom is -0.455 e. The molecule has 0 amide bonds. The molecule has 0 spiro atoms. The molecule has 238 valence electrons. The third-order valence-corrected chi connectivity index (χ3v) is 9.74. The first-order chi connectivity index (χ1) is 25.3. The van der Waals surface area contributed by atoms with Crippen LogP contribution < -0.4 is 0 Å². The molecule has 10 aromatic rings. The minimum absolute atomic E-state index is 0.588. The maximum Gasteiger partial charge on any atom is 0.164 e. The van der Waals surface area contributed by atoms with Crippen LogP contribution in [0.5, 0.6) is 0 Å². The van der Waals surface area contributed by atoms with Crippen LogP contribution in [0.1, 0.15) is 0 Å². The average Bonchev–Trinajstić information content (AvgIpc) is 3.60. The Morgan fingerprint density at radius 3 is 1.59 bits per heavy atom. The van der Waals surface area contributed by atoms with Crippen molar-refractivity contribution < 1.29 is 4.42 Å². The second-order valence-corrected chi connectivity index (χ2v) is 12.8. The van der Waals surface area contributed by atoms with Crippen molar-refractivity contribution in [1.29, 1.82) is 0 Å². The van der Waals surface area contributed by atoms with E-state index in [-0.39, 0.29) is 0 Å². The summed E-state index contributed by atoms with van der Waals surface area (Å²) in [6.45, 7) is 0. The number of furan rings is 1. The van der Waals surface area contributed by atoms with Crippen LogP contribution in [0, 0.1) is 0 Å². The van der Waals surface area contributed by atoms with E-state index in [9.17, 15) is 0 Å². The van der Waals surface area contributed by atoms with Gasteiger partial charge in [0, 0.05) is 33.0 Å². The van der Waals surface area contributed by atoms with Gasteiger partial charge in [0.15, 0.2) is 17.5 Å². The highest BCUT2D eigenvalue weighted by Crippen LogP contribution is 2.43. The summed E-state index contributed by atoms with van der Waals surface area (Å²) in [6, 6.07) is 61.0. The van der Waals surface area contributed by atoms with Crippen molar-refractivity contribution in [3.8, 4) is 56.4 Å². The van der Waals surface area contributed by atoms with Crippen molar-refractivity contribution in [3.05, 3.63) is 176 Å². The SMILES string of the molecule is c1ccc(-c2nc(-c3ccccc3)nc(-c3ccc4c(oc5ccccc54)c3-c3ccc(-c4cc5ccccc5c5ccccc45)cc3)n2)cc1. The van der Waals surface area contributed by atoms with Gasteiger partial charge in [-0.2, -0.15) is 0 Å². The lowest BCUT2D eigenvalue weighted by molar-refractivity contribution is 0.670. The van der Waals surface area contributed by atoms with Gasteiger partial charge in [-0.1, -0.05) is 152 Å². The van der Waals surface area contributed by atoms with E-state index in [2.05, 4.69) is 103 Å². The van der Waals surface area contributed by atoms with Crippen LogP contribution in [-0.2, 0) is 0 Å². The Hall–Kier alpha value is -6.91. The monoisotopic (exact) mass is 651 g/mol. The lowest BCUT2D eigenvalue weighted by atomic mass is 9.91. The Morgan fingerprint density at radius 2 is 0.882 bits per heavy atom. The molecule has 0 N–H and O–H groups in total. The molecule has 8 aromatic carbocycles. The zero-order chi connectivity index (χ0) is 33.7. The molecule has 0 aliphatic carbocycles. The first-order valence-electron chi connectivity index (χ1n) is 17.1. The second-order valence-electron chi connectivity index (χ2n) is 12.8. The third kappa shape index (κ3) is 4.96. The molecule has 0 atom stereocenters. The number of fused-ring (bicyclic) bond motifs is 6. The van der Waals surface area contributed by atoms with Gasteiger partial charge in [-0.05, 0) is 62.5 Å². The molecule has 0 fully saturated rings. The fraction of sp³-hybridized carbons (Fsp3) is 0. The fourth-order valence-corrected chi connectivity index (χ4v) is 7.30. The van der Waals surface area contributed by atoms with Gasteiger partial charge in [0.2, 0.25) is 0 Å². The van der Waals surface area contributed by atoms with Crippen LogP contribution in [0.2, 0.25) is 0 Å². The minimum atomic E-state index is 0.588. The van der Waals surface area contributed by atoms with Crippen LogP contribution in [0.25, 0.3) is 99.9 Å². The largest absolute Gasteiger partial charge is 0.455 e. The fourth-order valence-electron chi connectivity index (χ4n) is 7.30. The van der Waals surface area contributed by atoms with Gasteiger partial charge in [0.1, 0.15) is 11.2 Å². The first-order valence-corrected chi connectivity index (χ1v) is 17.1. The second kappa shape index (κ2) is 11.9. The molecule has 0 saturated carbocycles. The van der Waals surface area contributed by atoms with E-state index in [0.29, 0.717) is 17.5 Å². The van der Waals surface area contributed by atoms with Gasteiger partial charge in [-0.25, -0.2) is 15.0 Å². The van der Waals surface area contributed by atoms with Gasteiger partial charge in [0.25, 0.3) is 0 Å². The summed E-state index contributed by atoms with van der Waals surface area (Å²) in [6.07, 6.45) is 0. The standard InChI is InChI=1S/C47H29N3O/c1-3-13-32(14-4-1)45-48-46(33-15-5-2-6-16-33)50-47(49-45)40-28-27-39-38-21-11-12-22-42(38)51-44(39)43(40)31-25-23-30(24-26-31)41-29-34-17-7-8-18-35(34)36-19-9-10-20-37(36)41/h1-29H. The van der Waals surface area contributed by atoms with Crippen LogP contribution in [0.3, 0.4) is 0 Å². The van der Waals surface area contributed by atoms with Crippen LogP contribution in [-0.4, -0.2) is 15.0 Å². The van der Waals surface area contributed by atoms with Gasteiger partial charge < -0.3 is 4.42 Å². The molecule has 0 unspecified atom stereocenters. The number of hydrogen-bond donors (Lipinski definition) is 0. The van der Waals surface area contributed by atoms with Gasteiger partial charge in [-0.3, -0.25) is 0 Å². The first kappa shape index (κ1) is 29.0. The number of aromatic nitrogens is 3. The summed E-state index contributed by atoms with van der Waals surface area (Å²) in [5.74, 6) is 1.83.